The Morgan fingerprint density at radius 2 is 1.50 bits per heavy atom. The van der Waals surface area contributed by atoms with Crippen molar-refractivity contribution in [1.29, 1.82) is 0 Å². The lowest BCUT2D eigenvalue weighted by atomic mass is 10.2. The average Bonchev–Trinajstić information content (AvgIpc) is 2.28. The fourth-order valence-corrected chi connectivity index (χ4v) is 6.39. The molecule has 0 bridgehead atoms. The second kappa shape index (κ2) is 7.43. The van der Waals surface area contributed by atoms with Crippen molar-refractivity contribution in [3.05, 3.63) is 35.9 Å². The highest BCUT2D eigenvalue weighted by Gasteiger charge is 2.39. The Morgan fingerprint density at radius 3 is 1.89 bits per heavy atom. The monoisotopic (exact) mass is 330 g/mol. The van der Waals surface area contributed by atoms with Gasteiger partial charge in [-0.25, -0.2) is 0 Å². The summed E-state index contributed by atoms with van der Waals surface area (Å²) < 4.78 is 12.3. The first-order valence-corrected chi connectivity index (χ1v) is 9.78. The smallest absolute Gasteiger partial charge is 0.353 e. The summed E-state index contributed by atoms with van der Waals surface area (Å²) in [5, 5.41) is 0. The zero-order chi connectivity index (χ0) is 13.6. The maximum Gasteiger partial charge on any atom is 0.353 e. The highest BCUT2D eigenvalue weighted by Crippen LogP contribution is 2.21. The zero-order valence-electron chi connectivity index (χ0n) is 11.7. The minimum absolute atomic E-state index is 0.191. The van der Waals surface area contributed by atoms with E-state index in [1.807, 2.05) is 6.07 Å². The number of rotatable bonds is 7. The van der Waals surface area contributed by atoms with E-state index in [9.17, 15) is 0 Å². The zero-order valence-corrected chi connectivity index (χ0v) is 14.2. The first-order valence-electron chi connectivity index (χ1n) is 6.43. The van der Waals surface area contributed by atoms with Gasteiger partial charge in [-0.1, -0.05) is 46.3 Å². The minimum Gasteiger partial charge on any atom is -0.391 e. The second-order valence-corrected chi connectivity index (χ2v) is 9.64. The molecule has 0 heterocycles. The van der Waals surface area contributed by atoms with E-state index in [1.165, 1.54) is 5.56 Å². The lowest BCUT2D eigenvalue weighted by Gasteiger charge is -2.33. The highest BCUT2D eigenvalue weighted by molar-refractivity contribution is 9.09. The van der Waals surface area contributed by atoms with Gasteiger partial charge in [0.1, 0.15) is 0 Å². The molecule has 0 unspecified atom stereocenters. The van der Waals surface area contributed by atoms with Crippen molar-refractivity contribution in [1.82, 2.24) is 0 Å². The second-order valence-electron chi connectivity index (χ2n) is 5.04. The molecule has 1 aromatic carbocycles. The maximum atomic E-state index is 6.17. The van der Waals surface area contributed by atoms with Gasteiger partial charge in [0.05, 0.1) is 0 Å². The van der Waals surface area contributed by atoms with E-state index in [-0.39, 0.29) is 12.2 Å². The van der Waals surface area contributed by atoms with Gasteiger partial charge in [-0.3, -0.25) is 0 Å². The molecule has 0 aliphatic rings. The van der Waals surface area contributed by atoms with Gasteiger partial charge < -0.3 is 8.85 Å². The van der Waals surface area contributed by atoms with Gasteiger partial charge in [0, 0.05) is 23.2 Å². The van der Waals surface area contributed by atoms with Crippen LogP contribution in [0.3, 0.4) is 0 Å². The summed E-state index contributed by atoms with van der Waals surface area (Å²) in [6.07, 6.45) is 0.383. The van der Waals surface area contributed by atoms with E-state index in [0.29, 0.717) is 0 Å². The van der Waals surface area contributed by atoms with Gasteiger partial charge in [0.25, 0.3) is 0 Å². The summed E-state index contributed by atoms with van der Waals surface area (Å²) in [6, 6.07) is 11.3. The molecule has 1 aromatic rings. The summed E-state index contributed by atoms with van der Waals surface area (Å²) in [4.78, 5) is 0.797. The van der Waals surface area contributed by atoms with Crippen LogP contribution in [-0.4, -0.2) is 25.7 Å². The molecule has 1 rings (SSSR count). The normalized spacial score (nSPS) is 12.4. The van der Waals surface area contributed by atoms with Crippen LogP contribution in [0.4, 0.5) is 0 Å². The standard InChI is InChI=1S/C14H23BrO2Si/c1-12(2)16-18(11-15,17-13(3)4)10-14-8-6-5-7-9-14/h5-9,12-13H,10-11H2,1-4H3. The Balaban J connectivity index is 2.87. The van der Waals surface area contributed by atoms with Crippen molar-refractivity contribution in [3.8, 4) is 0 Å². The van der Waals surface area contributed by atoms with E-state index in [0.717, 1.165) is 11.0 Å². The van der Waals surface area contributed by atoms with Crippen LogP contribution in [0, 0.1) is 0 Å². The number of alkyl halides is 1. The van der Waals surface area contributed by atoms with Gasteiger partial charge in [0.2, 0.25) is 0 Å². The van der Waals surface area contributed by atoms with Gasteiger partial charge in [0.15, 0.2) is 0 Å². The molecule has 4 heteroatoms. The number of hydrogen-bond acceptors (Lipinski definition) is 2. The largest absolute Gasteiger partial charge is 0.391 e. The molecule has 0 saturated carbocycles. The van der Waals surface area contributed by atoms with Gasteiger partial charge in [-0.15, -0.1) is 0 Å². The van der Waals surface area contributed by atoms with E-state index >= 15 is 0 Å². The van der Waals surface area contributed by atoms with Crippen LogP contribution in [-0.2, 0) is 14.9 Å². The van der Waals surface area contributed by atoms with E-state index in [2.05, 4.69) is 67.9 Å². The van der Waals surface area contributed by atoms with Crippen molar-refractivity contribution in [2.75, 3.05) is 4.95 Å². The molecule has 0 saturated heterocycles. The third-order valence-corrected chi connectivity index (χ3v) is 8.14. The third-order valence-electron chi connectivity index (χ3n) is 2.42. The number of hydrogen-bond donors (Lipinski definition) is 0. The molecular formula is C14H23BrO2Si. The van der Waals surface area contributed by atoms with E-state index in [1.54, 1.807) is 0 Å². The van der Waals surface area contributed by atoms with Crippen LogP contribution in [0.2, 0.25) is 0 Å². The number of halogens is 1. The van der Waals surface area contributed by atoms with Crippen LogP contribution in [0.25, 0.3) is 0 Å². The average molecular weight is 331 g/mol. The summed E-state index contributed by atoms with van der Waals surface area (Å²) in [5.41, 5.74) is 1.28. The first-order chi connectivity index (χ1) is 8.47. The molecular weight excluding hydrogens is 308 g/mol. The lowest BCUT2D eigenvalue weighted by molar-refractivity contribution is 0.108. The Hall–Kier alpha value is -0.163. The minimum atomic E-state index is -2.22. The highest BCUT2D eigenvalue weighted by atomic mass is 79.9. The lowest BCUT2D eigenvalue weighted by Crippen LogP contribution is -2.50. The van der Waals surface area contributed by atoms with Crippen LogP contribution in [0.15, 0.2) is 30.3 Å². The Morgan fingerprint density at radius 1 is 1.00 bits per heavy atom. The molecule has 0 fully saturated rings. The maximum absolute atomic E-state index is 6.17. The number of benzene rings is 1. The van der Waals surface area contributed by atoms with Crippen molar-refractivity contribution in [2.24, 2.45) is 0 Å². The molecule has 0 atom stereocenters. The predicted molar refractivity (Wildman–Crippen MR) is 82.1 cm³/mol. The Bertz CT molecular complexity index is 331. The molecule has 0 aliphatic heterocycles. The molecule has 0 radical (unpaired) electrons. The molecule has 0 amide bonds. The molecule has 102 valence electrons. The van der Waals surface area contributed by atoms with E-state index in [4.69, 9.17) is 8.85 Å². The molecule has 0 spiro atoms. The van der Waals surface area contributed by atoms with Crippen LogP contribution >= 0.6 is 15.9 Å². The van der Waals surface area contributed by atoms with Gasteiger partial charge in [-0.2, -0.15) is 0 Å². The van der Waals surface area contributed by atoms with Crippen molar-refractivity contribution in [3.63, 3.8) is 0 Å². The first kappa shape index (κ1) is 15.9. The van der Waals surface area contributed by atoms with Crippen LogP contribution in [0.5, 0.6) is 0 Å². The van der Waals surface area contributed by atoms with Crippen LogP contribution < -0.4 is 0 Å². The fourth-order valence-electron chi connectivity index (χ4n) is 1.99. The van der Waals surface area contributed by atoms with Gasteiger partial charge >= 0.3 is 8.56 Å². The van der Waals surface area contributed by atoms with Crippen LogP contribution in [0.1, 0.15) is 33.3 Å². The topological polar surface area (TPSA) is 18.5 Å². The quantitative estimate of drug-likeness (QED) is 0.555. The van der Waals surface area contributed by atoms with Crippen molar-refractivity contribution < 1.29 is 8.85 Å². The van der Waals surface area contributed by atoms with E-state index < -0.39 is 8.56 Å². The summed E-state index contributed by atoms with van der Waals surface area (Å²) in [7, 11) is -2.22. The SMILES string of the molecule is CC(C)O[Si](CBr)(Cc1ccccc1)OC(C)C. The molecule has 0 aliphatic carbocycles. The third kappa shape index (κ3) is 5.22. The summed E-state index contributed by atoms with van der Waals surface area (Å²) >= 11 is 3.60. The summed E-state index contributed by atoms with van der Waals surface area (Å²) in [6.45, 7) is 8.27. The Kier molecular flexibility index (Phi) is 6.56. The predicted octanol–water partition coefficient (Wildman–Crippen LogP) is 3.99. The molecule has 18 heavy (non-hydrogen) atoms. The van der Waals surface area contributed by atoms with Crippen molar-refractivity contribution >= 4 is 24.5 Å². The fraction of sp³-hybridized carbons (Fsp3) is 0.571. The Labute approximate surface area is 120 Å². The van der Waals surface area contributed by atoms with Crippen molar-refractivity contribution in [2.45, 2.75) is 45.9 Å². The summed E-state index contributed by atoms with van der Waals surface area (Å²) in [5.74, 6) is 0. The molecule has 0 N–H and O–H groups in total. The molecule has 0 aromatic heterocycles. The van der Waals surface area contributed by atoms with Gasteiger partial charge in [-0.05, 0) is 33.3 Å². The molecule has 2 nitrogen and oxygen atoms in total.